The molecule has 3 nitrogen and oxygen atoms in total. The fourth-order valence-corrected chi connectivity index (χ4v) is 2.44. The summed E-state index contributed by atoms with van der Waals surface area (Å²) in [6.45, 7) is 5.59. The van der Waals surface area contributed by atoms with Crippen molar-refractivity contribution in [3.8, 4) is 6.07 Å². The van der Waals surface area contributed by atoms with Crippen LogP contribution in [0.3, 0.4) is 0 Å². The van der Waals surface area contributed by atoms with Crippen LogP contribution in [-0.4, -0.2) is 18.2 Å². The van der Waals surface area contributed by atoms with Crippen molar-refractivity contribution in [3.05, 3.63) is 35.1 Å². The van der Waals surface area contributed by atoms with Gasteiger partial charge in [-0.1, -0.05) is 6.07 Å². The molecule has 4 heteroatoms. The summed E-state index contributed by atoms with van der Waals surface area (Å²) in [7, 11) is 0. The summed E-state index contributed by atoms with van der Waals surface area (Å²) in [5.41, 5.74) is 0.949. The Labute approximate surface area is 113 Å². The standard InChI is InChI=1S/C15H19FN2O/c1-15(2)8-13(5-6-19-15)18-10-11-3-4-14(16)12(7-11)9-17/h3-4,7,13,18H,5-6,8,10H2,1-2H3. The van der Waals surface area contributed by atoms with Gasteiger partial charge in [0.05, 0.1) is 11.2 Å². The fourth-order valence-electron chi connectivity index (χ4n) is 2.44. The second kappa shape index (κ2) is 5.68. The van der Waals surface area contributed by atoms with Gasteiger partial charge in [0.1, 0.15) is 11.9 Å². The van der Waals surface area contributed by atoms with Crippen molar-refractivity contribution < 1.29 is 9.13 Å². The molecule has 2 rings (SSSR count). The summed E-state index contributed by atoms with van der Waals surface area (Å²) in [5, 5.41) is 12.3. The highest BCUT2D eigenvalue weighted by molar-refractivity contribution is 5.34. The Kier molecular flexibility index (Phi) is 4.18. The topological polar surface area (TPSA) is 45.0 Å². The van der Waals surface area contributed by atoms with Crippen LogP contribution in [0.5, 0.6) is 0 Å². The zero-order valence-corrected chi connectivity index (χ0v) is 11.4. The van der Waals surface area contributed by atoms with Gasteiger partial charge in [-0.25, -0.2) is 4.39 Å². The third-order valence-corrected chi connectivity index (χ3v) is 3.44. The van der Waals surface area contributed by atoms with Gasteiger partial charge in [0.2, 0.25) is 0 Å². The van der Waals surface area contributed by atoms with Gasteiger partial charge >= 0.3 is 0 Å². The van der Waals surface area contributed by atoms with E-state index in [1.54, 1.807) is 12.1 Å². The molecule has 1 N–H and O–H groups in total. The van der Waals surface area contributed by atoms with Gasteiger partial charge in [-0.3, -0.25) is 0 Å². The minimum atomic E-state index is -0.460. The molecule has 1 aliphatic rings. The number of halogens is 1. The second-order valence-electron chi connectivity index (χ2n) is 5.60. The van der Waals surface area contributed by atoms with E-state index in [1.165, 1.54) is 6.07 Å². The van der Waals surface area contributed by atoms with E-state index >= 15 is 0 Å². The molecule has 102 valence electrons. The van der Waals surface area contributed by atoms with E-state index in [2.05, 4.69) is 19.2 Å². The Morgan fingerprint density at radius 2 is 2.32 bits per heavy atom. The lowest BCUT2D eigenvalue weighted by molar-refractivity contribution is -0.0630. The van der Waals surface area contributed by atoms with Crippen LogP contribution in [0.4, 0.5) is 4.39 Å². The molecule has 1 saturated heterocycles. The minimum absolute atomic E-state index is 0.0868. The Morgan fingerprint density at radius 1 is 1.53 bits per heavy atom. The molecule has 1 aromatic rings. The maximum absolute atomic E-state index is 13.2. The Bertz CT molecular complexity index is 493. The van der Waals surface area contributed by atoms with E-state index in [0.717, 1.165) is 25.0 Å². The lowest BCUT2D eigenvalue weighted by atomic mass is 9.94. The number of rotatable bonds is 3. The van der Waals surface area contributed by atoms with E-state index in [-0.39, 0.29) is 11.2 Å². The smallest absolute Gasteiger partial charge is 0.140 e. The first-order valence-corrected chi connectivity index (χ1v) is 6.56. The van der Waals surface area contributed by atoms with Gasteiger partial charge in [0.25, 0.3) is 0 Å². The summed E-state index contributed by atoms with van der Waals surface area (Å²) >= 11 is 0. The average molecular weight is 262 g/mol. The summed E-state index contributed by atoms with van der Waals surface area (Å²) in [4.78, 5) is 0. The molecular weight excluding hydrogens is 243 g/mol. The highest BCUT2D eigenvalue weighted by Crippen LogP contribution is 2.24. The average Bonchev–Trinajstić information content (AvgIpc) is 2.36. The molecule has 19 heavy (non-hydrogen) atoms. The first-order chi connectivity index (χ1) is 9.00. The van der Waals surface area contributed by atoms with Crippen LogP contribution >= 0.6 is 0 Å². The number of hydrogen-bond donors (Lipinski definition) is 1. The first-order valence-electron chi connectivity index (χ1n) is 6.56. The lowest BCUT2D eigenvalue weighted by Gasteiger charge is -2.36. The third-order valence-electron chi connectivity index (χ3n) is 3.44. The van der Waals surface area contributed by atoms with Crippen LogP contribution in [0, 0.1) is 17.1 Å². The van der Waals surface area contributed by atoms with E-state index in [1.807, 2.05) is 6.07 Å². The van der Waals surface area contributed by atoms with Gasteiger partial charge < -0.3 is 10.1 Å². The quantitative estimate of drug-likeness (QED) is 0.911. The highest BCUT2D eigenvalue weighted by Gasteiger charge is 2.28. The lowest BCUT2D eigenvalue weighted by Crippen LogP contribution is -2.43. The number of nitrogens with zero attached hydrogens (tertiary/aromatic N) is 1. The van der Waals surface area contributed by atoms with Crippen molar-refractivity contribution in [2.24, 2.45) is 0 Å². The van der Waals surface area contributed by atoms with Crippen LogP contribution in [-0.2, 0) is 11.3 Å². The van der Waals surface area contributed by atoms with Crippen LogP contribution < -0.4 is 5.32 Å². The first kappa shape index (κ1) is 14.0. The molecule has 0 aliphatic carbocycles. The van der Waals surface area contributed by atoms with Crippen LogP contribution in [0.1, 0.15) is 37.8 Å². The van der Waals surface area contributed by atoms with Crippen LogP contribution in [0.25, 0.3) is 0 Å². The van der Waals surface area contributed by atoms with Crippen LogP contribution in [0.15, 0.2) is 18.2 Å². The number of nitrogens with one attached hydrogen (secondary N) is 1. The van der Waals surface area contributed by atoms with Crippen molar-refractivity contribution in [3.63, 3.8) is 0 Å². The Hall–Kier alpha value is -1.44. The number of hydrogen-bond acceptors (Lipinski definition) is 3. The predicted molar refractivity (Wildman–Crippen MR) is 71.0 cm³/mol. The summed E-state index contributed by atoms with van der Waals surface area (Å²) in [5.74, 6) is -0.460. The van der Waals surface area contributed by atoms with E-state index in [0.29, 0.717) is 12.6 Å². The molecule has 1 aromatic carbocycles. The van der Waals surface area contributed by atoms with E-state index in [9.17, 15) is 4.39 Å². The molecule has 1 unspecified atom stereocenters. The van der Waals surface area contributed by atoms with Crippen molar-refractivity contribution in [1.82, 2.24) is 5.32 Å². The monoisotopic (exact) mass is 262 g/mol. The van der Waals surface area contributed by atoms with Crippen molar-refractivity contribution >= 4 is 0 Å². The normalized spacial score (nSPS) is 21.9. The minimum Gasteiger partial charge on any atom is -0.375 e. The summed E-state index contributed by atoms with van der Waals surface area (Å²) in [6, 6.07) is 6.94. The number of ether oxygens (including phenoxy) is 1. The molecule has 0 aromatic heterocycles. The maximum Gasteiger partial charge on any atom is 0.140 e. The van der Waals surface area contributed by atoms with E-state index < -0.39 is 5.82 Å². The second-order valence-corrected chi connectivity index (χ2v) is 5.60. The molecule has 1 fully saturated rings. The van der Waals surface area contributed by atoms with Gasteiger partial charge in [-0.2, -0.15) is 5.26 Å². The Balaban J connectivity index is 1.94. The Morgan fingerprint density at radius 3 is 3.00 bits per heavy atom. The molecule has 1 atom stereocenters. The van der Waals surface area contributed by atoms with Gasteiger partial charge in [0.15, 0.2) is 0 Å². The molecular formula is C15H19FN2O. The van der Waals surface area contributed by atoms with Gasteiger partial charge in [-0.15, -0.1) is 0 Å². The summed E-state index contributed by atoms with van der Waals surface area (Å²) in [6.07, 6.45) is 1.94. The van der Waals surface area contributed by atoms with Crippen molar-refractivity contribution in [1.29, 1.82) is 5.26 Å². The van der Waals surface area contributed by atoms with Crippen LogP contribution in [0.2, 0.25) is 0 Å². The van der Waals surface area contributed by atoms with E-state index in [4.69, 9.17) is 10.00 Å². The predicted octanol–water partition coefficient (Wildman–Crippen LogP) is 2.74. The van der Waals surface area contributed by atoms with Gasteiger partial charge in [-0.05, 0) is 44.4 Å². The third kappa shape index (κ3) is 3.76. The molecule has 1 heterocycles. The fraction of sp³-hybridized carbons (Fsp3) is 0.533. The van der Waals surface area contributed by atoms with Crippen molar-refractivity contribution in [2.45, 2.75) is 44.9 Å². The molecule has 0 spiro atoms. The molecule has 0 radical (unpaired) electrons. The molecule has 0 bridgehead atoms. The zero-order chi connectivity index (χ0) is 13.9. The molecule has 1 aliphatic heterocycles. The number of benzene rings is 1. The molecule has 0 amide bonds. The summed E-state index contributed by atoms with van der Waals surface area (Å²) < 4.78 is 18.9. The SMILES string of the molecule is CC1(C)CC(NCc2ccc(F)c(C#N)c2)CCO1. The highest BCUT2D eigenvalue weighted by atomic mass is 19.1. The zero-order valence-electron chi connectivity index (χ0n) is 11.4. The number of nitriles is 1. The molecule has 0 saturated carbocycles. The maximum atomic E-state index is 13.2. The van der Waals surface area contributed by atoms with Crippen molar-refractivity contribution in [2.75, 3.05) is 6.61 Å². The largest absolute Gasteiger partial charge is 0.375 e. The van der Waals surface area contributed by atoms with Gasteiger partial charge in [0, 0.05) is 19.2 Å².